The van der Waals surface area contributed by atoms with E-state index in [4.69, 9.17) is 11.6 Å². The third-order valence-corrected chi connectivity index (χ3v) is 3.48. The quantitative estimate of drug-likeness (QED) is 0.662. The number of carbonyl (C=O) groups is 1. The van der Waals surface area contributed by atoms with E-state index < -0.39 is 4.92 Å². The number of nitrogens with one attached hydrogen (secondary N) is 1. The molecule has 1 atom stereocenters. The summed E-state index contributed by atoms with van der Waals surface area (Å²) in [5, 5.41) is 14.3. The second-order valence-corrected chi connectivity index (χ2v) is 4.85. The number of nitro benzene ring substituents is 1. The number of carbonyl (C=O) groups excluding carboxylic acids is 1. The van der Waals surface area contributed by atoms with Gasteiger partial charge < -0.3 is 10.2 Å². The van der Waals surface area contributed by atoms with Crippen LogP contribution in [0.3, 0.4) is 0 Å². The number of amides is 1. The molecule has 0 aromatic heterocycles. The number of halogens is 1. The molecule has 0 spiro atoms. The van der Waals surface area contributed by atoms with Crippen LogP contribution in [0.2, 0.25) is 5.02 Å². The number of hydrogen-bond donors (Lipinski definition) is 1. The molecule has 6 nitrogen and oxygen atoms in total. The average molecular weight is 284 g/mol. The average Bonchev–Trinajstić information content (AvgIpc) is 2.38. The summed E-state index contributed by atoms with van der Waals surface area (Å²) >= 11 is 5.97. The first-order valence-corrected chi connectivity index (χ1v) is 6.34. The molecule has 1 saturated heterocycles. The summed E-state index contributed by atoms with van der Waals surface area (Å²) in [7, 11) is 0. The van der Waals surface area contributed by atoms with Crippen molar-refractivity contribution in [2.24, 2.45) is 0 Å². The first-order valence-electron chi connectivity index (χ1n) is 5.97. The van der Waals surface area contributed by atoms with Crippen molar-refractivity contribution in [1.29, 1.82) is 0 Å². The van der Waals surface area contributed by atoms with E-state index in [2.05, 4.69) is 5.32 Å². The van der Waals surface area contributed by atoms with Gasteiger partial charge in [-0.15, -0.1) is 0 Å². The van der Waals surface area contributed by atoms with Gasteiger partial charge in [0.2, 0.25) is 0 Å². The zero-order valence-electron chi connectivity index (χ0n) is 10.4. The lowest BCUT2D eigenvalue weighted by Crippen LogP contribution is -2.52. The first-order chi connectivity index (χ1) is 9.02. The highest BCUT2D eigenvalue weighted by Crippen LogP contribution is 2.28. The fourth-order valence-electron chi connectivity index (χ4n) is 2.16. The maximum Gasteiger partial charge on any atom is 0.283 e. The lowest BCUT2D eigenvalue weighted by Gasteiger charge is -2.34. The first kappa shape index (κ1) is 13.8. The van der Waals surface area contributed by atoms with E-state index in [1.807, 2.05) is 6.92 Å². The number of piperazine rings is 1. The van der Waals surface area contributed by atoms with Gasteiger partial charge in [0.05, 0.1) is 9.95 Å². The summed E-state index contributed by atoms with van der Waals surface area (Å²) < 4.78 is 0. The van der Waals surface area contributed by atoms with E-state index in [0.717, 1.165) is 0 Å². The molecule has 1 fully saturated rings. The fraction of sp³-hybridized carbons (Fsp3) is 0.417. The zero-order valence-corrected chi connectivity index (χ0v) is 11.2. The molecular formula is C12H14ClN3O3. The Hall–Kier alpha value is -1.66. The molecule has 0 saturated carbocycles. The highest BCUT2D eigenvalue weighted by Gasteiger charge is 2.30. The summed E-state index contributed by atoms with van der Waals surface area (Å²) in [6.45, 7) is 3.76. The third kappa shape index (κ3) is 2.69. The Morgan fingerprint density at radius 2 is 2.32 bits per heavy atom. The predicted molar refractivity (Wildman–Crippen MR) is 71.5 cm³/mol. The van der Waals surface area contributed by atoms with Gasteiger partial charge in [-0.05, 0) is 13.0 Å². The van der Waals surface area contributed by atoms with Crippen LogP contribution in [0.1, 0.15) is 17.3 Å². The normalized spacial score (nSPS) is 19.3. The van der Waals surface area contributed by atoms with Crippen molar-refractivity contribution in [2.75, 3.05) is 19.6 Å². The van der Waals surface area contributed by atoms with Crippen molar-refractivity contribution in [1.82, 2.24) is 10.2 Å². The van der Waals surface area contributed by atoms with E-state index in [0.29, 0.717) is 19.6 Å². The minimum absolute atomic E-state index is 0.0165. The van der Waals surface area contributed by atoms with Crippen molar-refractivity contribution >= 4 is 23.2 Å². The Kier molecular flexibility index (Phi) is 4.01. The Balaban J connectivity index is 2.40. The van der Waals surface area contributed by atoms with Gasteiger partial charge in [-0.2, -0.15) is 0 Å². The maximum atomic E-state index is 12.5. The minimum Gasteiger partial charge on any atom is -0.333 e. The van der Waals surface area contributed by atoms with E-state index in [-0.39, 0.29) is 28.2 Å². The summed E-state index contributed by atoms with van der Waals surface area (Å²) in [4.78, 5) is 24.5. The van der Waals surface area contributed by atoms with E-state index in [9.17, 15) is 14.9 Å². The number of rotatable bonds is 2. The summed E-state index contributed by atoms with van der Waals surface area (Å²) in [6.07, 6.45) is 0. The second kappa shape index (κ2) is 5.54. The number of hydrogen-bond acceptors (Lipinski definition) is 4. The monoisotopic (exact) mass is 283 g/mol. The summed E-state index contributed by atoms with van der Waals surface area (Å²) in [5.74, 6) is -0.383. The number of nitro groups is 1. The molecule has 1 aromatic carbocycles. The van der Waals surface area contributed by atoms with Gasteiger partial charge in [0, 0.05) is 31.7 Å². The third-order valence-electron chi connectivity index (χ3n) is 3.16. The van der Waals surface area contributed by atoms with Gasteiger partial charge in [-0.3, -0.25) is 14.9 Å². The molecule has 2 rings (SSSR count). The Bertz CT molecular complexity index is 521. The number of nitrogens with zero attached hydrogens (tertiary/aromatic N) is 2. The molecule has 0 aliphatic carbocycles. The molecule has 0 radical (unpaired) electrons. The van der Waals surface area contributed by atoms with Crippen molar-refractivity contribution in [2.45, 2.75) is 13.0 Å². The van der Waals surface area contributed by atoms with Gasteiger partial charge >= 0.3 is 0 Å². The van der Waals surface area contributed by atoms with Gasteiger partial charge in [-0.1, -0.05) is 17.7 Å². The van der Waals surface area contributed by atoms with E-state index in [1.54, 1.807) is 4.90 Å². The molecule has 1 amide bonds. The van der Waals surface area contributed by atoms with E-state index >= 15 is 0 Å². The summed E-state index contributed by atoms with van der Waals surface area (Å²) in [6, 6.07) is 4.25. The van der Waals surface area contributed by atoms with Crippen molar-refractivity contribution in [3.63, 3.8) is 0 Å². The molecule has 1 N–H and O–H groups in total. The minimum atomic E-state index is -0.577. The van der Waals surface area contributed by atoms with Crippen LogP contribution in [0, 0.1) is 10.1 Å². The van der Waals surface area contributed by atoms with Crippen LogP contribution in [0.15, 0.2) is 18.2 Å². The molecule has 1 heterocycles. The topological polar surface area (TPSA) is 75.5 Å². The van der Waals surface area contributed by atoms with Gasteiger partial charge in [0.15, 0.2) is 0 Å². The highest BCUT2D eigenvalue weighted by atomic mass is 35.5. The SMILES string of the molecule is CC1CNCCN1C(=O)c1c(Cl)cccc1[N+](=O)[O-]. The second-order valence-electron chi connectivity index (χ2n) is 4.44. The van der Waals surface area contributed by atoms with Gasteiger partial charge in [0.25, 0.3) is 11.6 Å². The molecular weight excluding hydrogens is 270 g/mol. The van der Waals surface area contributed by atoms with Crippen LogP contribution >= 0.6 is 11.6 Å². The lowest BCUT2D eigenvalue weighted by atomic mass is 10.1. The summed E-state index contributed by atoms with van der Waals surface area (Å²) in [5.41, 5.74) is -0.272. The fourth-order valence-corrected chi connectivity index (χ4v) is 2.41. The highest BCUT2D eigenvalue weighted by molar-refractivity contribution is 6.34. The molecule has 7 heteroatoms. The lowest BCUT2D eigenvalue weighted by molar-refractivity contribution is -0.385. The van der Waals surface area contributed by atoms with E-state index in [1.165, 1.54) is 18.2 Å². The molecule has 1 aliphatic rings. The molecule has 1 unspecified atom stereocenters. The molecule has 1 aliphatic heterocycles. The van der Waals surface area contributed by atoms with Crippen LogP contribution in [0.25, 0.3) is 0 Å². The smallest absolute Gasteiger partial charge is 0.283 e. The molecule has 102 valence electrons. The Morgan fingerprint density at radius 1 is 1.58 bits per heavy atom. The van der Waals surface area contributed by atoms with Crippen molar-refractivity contribution in [3.8, 4) is 0 Å². The Labute approximate surface area is 115 Å². The van der Waals surface area contributed by atoms with Crippen LogP contribution in [0.4, 0.5) is 5.69 Å². The van der Waals surface area contributed by atoms with Crippen LogP contribution in [0.5, 0.6) is 0 Å². The standard InChI is InChI=1S/C12H14ClN3O3/c1-8-7-14-5-6-15(8)12(17)11-9(13)3-2-4-10(11)16(18)19/h2-4,8,14H,5-7H2,1H3. The van der Waals surface area contributed by atoms with Crippen LogP contribution in [-0.4, -0.2) is 41.4 Å². The van der Waals surface area contributed by atoms with Crippen LogP contribution < -0.4 is 5.32 Å². The number of benzene rings is 1. The zero-order chi connectivity index (χ0) is 14.0. The largest absolute Gasteiger partial charge is 0.333 e. The maximum absolute atomic E-state index is 12.5. The van der Waals surface area contributed by atoms with Crippen molar-refractivity contribution in [3.05, 3.63) is 38.9 Å². The molecule has 0 bridgehead atoms. The van der Waals surface area contributed by atoms with Gasteiger partial charge in [0.1, 0.15) is 5.56 Å². The molecule has 1 aromatic rings. The Morgan fingerprint density at radius 3 is 2.95 bits per heavy atom. The predicted octanol–water partition coefficient (Wildman–Crippen LogP) is 1.68. The van der Waals surface area contributed by atoms with Crippen LogP contribution in [-0.2, 0) is 0 Å². The van der Waals surface area contributed by atoms with Crippen molar-refractivity contribution < 1.29 is 9.72 Å². The van der Waals surface area contributed by atoms with Gasteiger partial charge in [-0.25, -0.2) is 0 Å². The molecule has 19 heavy (non-hydrogen) atoms.